The number of amides is 3. The van der Waals surface area contributed by atoms with Crippen LogP contribution in [0.15, 0.2) is 42.5 Å². The van der Waals surface area contributed by atoms with Gasteiger partial charge in [0.15, 0.2) is 5.69 Å². The largest absolute Gasteiger partial charge is 0.508 e. The second kappa shape index (κ2) is 11.2. The van der Waals surface area contributed by atoms with Gasteiger partial charge in [0.05, 0.1) is 11.8 Å². The molecule has 1 aliphatic heterocycles. The van der Waals surface area contributed by atoms with E-state index in [9.17, 15) is 19.5 Å². The number of primary amides is 1. The molecule has 0 bridgehead atoms. The summed E-state index contributed by atoms with van der Waals surface area (Å²) in [6, 6.07) is 9.71. The molecule has 6 N–H and O–H groups in total. The van der Waals surface area contributed by atoms with Gasteiger partial charge in [-0.15, -0.1) is 0 Å². The lowest BCUT2D eigenvalue weighted by Crippen LogP contribution is -2.45. The fourth-order valence-corrected chi connectivity index (χ4v) is 4.96. The number of ether oxygens (including phenoxy) is 1. The van der Waals surface area contributed by atoms with Gasteiger partial charge in [-0.3, -0.25) is 19.3 Å². The topological polar surface area (TPSA) is 161 Å². The van der Waals surface area contributed by atoms with E-state index >= 15 is 0 Å². The van der Waals surface area contributed by atoms with Crippen LogP contribution in [0.4, 0.5) is 11.4 Å². The van der Waals surface area contributed by atoms with E-state index in [-0.39, 0.29) is 34.7 Å². The molecule has 2 aromatic carbocycles. The number of aromatic nitrogens is 1. The van der Waals surface area contributed by atoms with Gasteiger partial charge in [-0.2, -0.15) is 4.37 Å². The van der Waals surface area contributed by atoms with Crippen LogP contribution in [0.5, 0.6) is 5.75 Å². The first-order valence-corrected chi connectivity index (χ1v) is 12.7. The van der Waals surface area contributed by atoms with Gasteiger partial charge in [0.25, 0.3) is 11.8 Å². The number of phenolic OH excluding ortho intramolecular Hbond substituents is 1. The van der Waals surface area contributed by atoms with Crippen molar-refractivity contribution in [2.24, 2.45) is 5.73 Å². The summed E-state index contributed by atoms with van der Waals surface area (Å²) in [5, 5.41) is 13.1. The molecule has 3 aromatic rings. The molecule has 0 spiro atoms. The molecular weight excluding hydrogens is 518 g/mol. The molecule has 1 aromatic heterocycles. The first kappa shape index (κ1) is 26.4. The number of carbonyl (C=O) groups is 3. The molecule has 2 atom stereocenters. The van der Waals surface area contributed by atoms with Gasteiger partial charge in [0.1, 0.15) is 16.7 Å². The highest BCUT2D eigenvalue weighted by molar-refractivity contribution is 7.09. The predicted molar refractivity (Wildman–Crippen MR) is 141 cm³/mol. The summed E-state index contributed by atoms with van der Waals surface area (Å²) in [6.45, 7) is 2.70. The standard InChI is InChI=1S/C25H26ClN5O5S/c1-13-4-7-15(11-18(13)26)31(25(35)22-19(27)20(23(28)33)30-37-22)21(14-5-8-16(32)9-6-14)24(34)29-12-17-3-2-10-36-17/h4-9,11,17,21,32H,2-3,10,12,27H2,1H3,(H2,28,33)(H,29,34)/t17-,21-/m0/s1. The molecule has 4 rings (SSSR count). The molecule has 0 radical (unpaired) electrons. The Morgan fingerprint density at radius 2 is 2.00 bits per heavy atom. The predicted octanol–water partition coefficient (Wildman–Crippen LogP) is 3.17. The Labute approximate surface area is 222 Å². The Kier molecular flexibility index (Phi) is 7.96. The maximum atomic E-state index is 14.0. The summed E-state index contributed by atoms with van der Waals surface area (Å²) >= 11 is 7.11. The van der Waals surface area contributed by atoms with Crippen LogP contribution in [0.1, 0.15) is 50.2 Å². The van der Waals surface area contributed by atoms with Crippen LogP contribution < -0.4 is 21.7 Å². The Morgan fingerprint density at radius 1 is 1.27 bits per heavy atom. The lowest BCUT2D eigenvalue weighted by Gasteiger charge is -2.32. The van der Waals surface area contributed by atoms with Gasteiger partial charge in [-0.1, -0.05) is 29.8 Å². The minimum atomic E-state index is -1.19. The van der Waals surface area contributed by atoms with E-state index in [4.69, 9.17) is 27.8 Å². The first-order valence-electron chi connectivity index (χ1n) is 11.5. The van der Waals surface area contributed by atoms with Crippen molar-refractivity contribution in [3.63, 3.8) is 0 Å². The highest BCUT2D eigenvalue weighted by Gasteiger charge is 2.36. The van der Waals surface area contributed by atoms with Gasteiger partial charge in [-0.25, -0.2) is 0 Å². The van der Waals surface area contributed by atoms with Crippen molar-refractivity contribution < 1.29 is 24.2 Å². The molecule has 3 amide bonds. The monoisotopic (exact) mass is 543 g/mol. The number of nitrogens with two attached hydrogens (primary N) is 2. The highest BCUT2D eigenvalue weighted by atomic mass is 35.5. The van der Waals surface area contributed by atoms with Crippen LogP contribution in [0.2, 0.25) is 5.02 Å². The van der Waals surface area contributed by atoms with Gasteiger partial charge in [0, 0.05) is 23.9 Å². The minimum Gasteiger partial charge on any atom is -0.508 e. The van der Waals surface area contributed by atoms with E-state index in [0.717, 1.165) is 18.4 Å². The van der Waals surface area contributed by atoms with Gasteiger partial charge in [0.2, 0.25) is 5.91 Å². The lowest BCUT2D eigenvalue weighted by molar-refractivity contribution is -0.123. The van der Waals surface area contributed by atoms with Crippen molar-refractivity contribution in [1.82, 2.24) is 9.69 Å². The number of nitrogen functional groups attached to an aromatic ring is 1. The zero-order chi connectivity index (χ0) is 26.7. The molecule has 0 saturated carbocycles. The Balaban J connectivity index is 1.82. The lowest BCUT2D eigenvalue weighted by atomic mass is 10.0. The molecule has 0 aliphatic carbocycles. The SMILES string of the molecule is Cc1ccc(N(C(=O)c2snc(C(N)=O)c2N)[C@H](C(=O)NC[C@@H]2CCCO2)c2ccc(O)cc2)cc1Cl. The number of rotatable bonds is 8. The van der Waals surface area contributed by atoms with E-state index in [1.54, 1.807) is 30.3 Å². The molecular formula is C25H26ClN5O5S. The normalized spacial score (nSPS) is 15.8. The van der Waals surface area contributed by atoms with E-state index in [0.29, 0.717) is 34.4 Å². The number of phenols is 1. The van der Waals surface area contributed by atoms with Crippen LogP contribution in [0.3, 0.4) is 0 Å². The van der Waals surface area contributed by atoms with Gasteiger partial charge < -0.3 is 26.6 Å². The molecule has 1 saturated heterocycles. The Bertz CT molecular complexity index is 1320. The van der Waals surface area contributed by atoms with Crippen LogP contribution in [0.25, 0.3) is 0 Å². The summed E-state index contributed by atoms with van der Waals surface area (Å²) in [6.07, 6.45) is 1.59. The zero-order valence-electron chi connectivity index (χ0n) is 19.9. The third-order valence-corrected chi connectivity index (χ3v) is 7.31. The Morgan fingerprint density at radius 3 is 2.59 bits per heavy atom. The van der Waals surface area contributed by atoms with Crippen molar-refractivity contribution in [1.29, 1.82) is 0 Å². The summed E-state index contributed by atoms with van der Waals surface area (Å²) < 4.78 is 9.56. The van der Waals surface area contributed by atoms with Crippen molar-refractivity contribution in [3.8, 4) is 5.75 Å². The number of hydrogen-bond donors (Lipinski definition) is 4. The minimum absolute atomic E-state index is 0.00341. The molecule has 0 unspecified atom stereocenters. The van der Waals surface area contributed by atoms with Crippen LogP contribution >= 0.6 is 23.1 Å². The van der Waals surface area contributed by atoms with Gasteiger partial charge in [-0.05, 0) is 66.7 Å². The first-order chi connectivity index (χ1) is 17.7. The fourth-order valence-electron chi connectivity index (χ4n) is 4.04. The number of carbonyl (C=O) groups excluding carboxylic acids is 3. The molecule has 37 heavy (non-hydrogen) atoms. The summed E-state index contributed by atoms with van der Waals surface area (Å²) in [5.41, 5.74) is 12.5. The number of hydrogen-bond acceptors (Lipinski definition) is 8. The maximum absolute atomic E-state index is 14.0. The molecule has 1 fully saturated rings. The number of halogens is 1. The number of aromatic hydroxyl groups is 1. The molecule has 1 aliphatic rings. The summed E-state index contributed by atoms with van der Waals surface area (Å²) in [4.78, 5) is 40.6. The Hall–Kier alpha value is -3.67. The number of aryl methyl sites for hydroxylation is 1. The average Bonchev–Trinajstić information content (AvgIpc) is 3.53. The highest BCUT2D eigenvalue weighted by Crippen LogP contribution is 2.35. The molecule has 2 heterocycles. The van der Waals surface area contributed by atoms with Crippen LogP contribution in [-0.2, 0) is 9.53 Å². The maximum Gasteiger partial charge on any atom is 0.273 e. The van der Waals surface area contributed by atoms with E-state index in [1.807, 2.05) is 6.92 Å². The van der Waals surface area contributed by atoms with Crippen molar-refractivity contribution in [2.75, 3.05) is 23.8 Å². The molecule has 12 heteroatoms. The van der Waals surface area contributed by atoms with E-state index in [2.05, 4.69) is 9.69 Å². The number of anilines is 2. The van der Waals surface area contributed by atoms with Crippen LogP contribution in [-0.4, -0.2) is 46.5 Å². The van der Waals surface area contributed by atoms with E-state index < -0.39 is 23.8 Å². The number of benzene rings is 2. The number of nitrogens with zero attached hydrogens (tertiary/aromatic N) is 2. The average molecular weight is 544 g/mol. The van der Waals surface area contributed by atoms with Crippen molar-refractivity contribution in [3.05, 3.63) is 69.2 Å². The third kappa shape index (κ3) is 5.68. The summed E-state index contributed by atoms with van der Waals surface area (Å²) in [7, 11) is 0. The van der Waals surface area contributed by atoms with E-state index in [1.165, 1.54) is 17.0 Å². The second-order valence-corrected chi connectivity index (χ2v) is 9.80. The van der Waals surface area contributed by atoms with Crippen molar-refractivity contribution >= 4 is 52.2 Å². The molecule has 10 nitrogen and oxygen atoms in total. The van der Waals surface area contributed by atoms with Crippen molar-refractivity contribution in [2.45, 2.75) is 31.9 Å². The van der Waals surface area contributed by atoms with Gasteiger partial charge >= 0.3 is 0 Å². The summed E-state index contributed by atoms with van der Waals surface area (Å²) in [5.74, 6) is -2.03. The second-order valence-electron chi connectivity index (χ2n) is 8.62. The third-order valence-electron chi connectivity index (χ3n) is 6.05. The number of nitrogens with one attached hydrogen (secondary N) is 1. The van der Waals surface area contributed by atoms with Crippen LogP contribution in [0, 0.1) is 6.92 Å². The quantitative estimate of drug-likeness (QED) is 0.339. The smallest absolute Gasteiger partial charge is 0.273 e. The molecule has 194 valence electrons. The zero-order valence-corrected chi connectivity index (χ0v) is 21.5. The fraction of sp³-hybridized carbons (Fsp3) is 0.280.